The van der Waals surface area contributed by atoms with E-state index < -0.39 is 0 Å². The fraction of sp³-hybridized carbons (Fsp3) is 0.875. The first-order valence-corrected chi connectivity index (χ1v) is 8.38. The average Bonchev–Trinajstić information content (AvgIpc) is 2.95. The first-order chi connectivity index (χ1) is 10.2. The van der Waals surface area contributed by atoms with Gasteiger partial charge in [-0.05, 0) is 39.0 Å². The van der Waals surface area contributed by atoms with Crippen LogP contribution in [0.15, 0.2) is 4.52 Å². The number of nitrogens with two attached hydrogens (primary N) is 1. The maximum absolute atomic E-state index is 6.01. The summed E-state index contributed by atoms with van der Waals surface area (Å²) in [4.78, 5) is 4.61. The number of hydrogen-bond donors (Lipinski definition) is 1. The van der Waals surface area contributed by atoms with Gasteiger partial charge in [-0.2, -0.15) is 4.98 Å². The molecule has 5 heteroatoms. The maximum Gasteiger partial charge on any atom is 0.231 e. The monoisotopic (exact) mass is 295 g/mol. The molecule has 0 amide bonds. The fourth-order valence-corrected chi connectivity index (χ4v) is 3.32. The molecule has 1 heterocycles. The molecule has 3 atom stereocenters. The maximum atomic E-state index is 6.01. The lowest BCUT2D eigenvalue weighted by Crippen LogP contribution is -2.25. The van der Waals surface area contributed by atoms with E-state index in [9.17, 15) is 0 Å². The van der Waals surface area contributed by atoms with E-state index >= 15 is 0 Å². The predicted molar refractivity (Wildman–Crippen MR) is 81.9 cm³/mol. The van der Waals surface area contributed by atoms with Crippen LogP contribution in [0.1, 0.15) is 83.0 Å². The largest absolute Gasteiger partial charge is 0.370 e. The molecular weight excluding hydrogens is 266 g/mol. The van der Waals surface area contributed by atoms with Crippen LogP contribution in [0.2, 0.25) is 0 Å². The number of rotatable bonds is 7. The second-order valence-electron chi connectivity index (χ2n) is 6.14. The Morgan fingerprint density at radius 1 is 1.29 bits per heavy atom. The van der Waals surface area contributed by atoms with Crippen molar-refractivity contribution < 1.29 is 9.26 Å². The van der Waals surface area contributed by atoms with Crippen LogP contribution in [0.5, 0.6) is 0 Å². The van der Waals surface area contributed by atoms with E-state index in [1.165, 1.54) is 32.1 Å². The molecule has 1 aromatic rings. The van der Waals surface area contributed by atoms with Gasteiger partial charge in [-0.15, -0.1) is 0 Å². The van der Waals surface area contributed by atoms with Crippen molar-refractivity contribution in [3.8, 4) is 0 Å². The standard InChI is InChI=1S/C16H29N3O2/c1-4-13(11(3)17)16-18-15(19-21-16)14(20-5-2)12-9-7-6-8-10-12/h11-14H,4-10,17H2,1-3H3. The molecule has 0 spiro atoms. The third kappa shape index (κ3) is 4.04. The Labute approximate surface area is 127 Å². The summed E-state index contributed by atoms with van der Waals surface area (Å²) in [7, 11) is 0. The zero-order valence-electron chi connectivity index (χ0n) is 13.5. The molecule has 0 radical (unpaired) electrons. The first kappa shape index (κ1) is 16.4. The Balaban J connectivity index is 2.14. The summed E-state index contributed by atoms with van der Waals surface area (Å²) in [5, 5.41) is 4.19. The molecule has 0 aromatic carbocycles. The van der Waals surface area contributed by atoms with Crippen molar-refractivity contribution in [2.75, 3.05) is 6.61 Å². The third-order valence-electron chi connectivity index (χ3n) is 4.53. The Morgan fingerprint density at radius 2 is 2.00 bits per heavy atom. The second kappa shape index (κ2) is 7.90. The number of nitrogens with zero attached hydrogens (tertiary/aromatic N) is 2. The summed E-state index contributed by atoms with van der Waals surface area (Å²) in [6.45, 7) is 6.78. The quantitative estimate of drug-likeness (QED) is 0.832. The molecule has 1 saturated carbocycles. The smallest absolute Gasteiger partial charge is 0.231 e. The van der Waals surface area contributed by atoms with Crippen LogP contribution in [0.4, 0.5) is 0 Å². The van der Waals surface area contributed by atoms with Gasteiger partial charge in [0.25, 0.3) is 0 Å². The van der Waals surface area contributed by atoms with Gasteiger partial charge < -0.3 is 15.0 Å². The topological polar surface area (TPSA) is 74.2 Å². The van der Waals surface area contributed by atoms with Gasteiger partial charge in [0.1, 0.15) is 6.10 Å². The van der Waals surface area contributed by atoms with Gasteiger partial charge in [-0.3, -0.25) is 0 Å². The van der Waals surface area contributed by atoms with Crippen molar-refractivity contribution in [2.24, 2.45) is 11.7 Å². The van der Waals surface area contributed by atoms with Gasteiger partial charge in [0.05, 0.1) is 5.92 Å². The van der Waals surface area contributed by atoms with Gasteiger partial charge in [0.15, 0.2) is 0 Å². The summed E-state index contributed by atoms with van der Waals surface area (Å²) in [6.07, 6.45) is 7.14. The van der Waals surface area contributed by atoms with Crippen LogP contribution >= 0.6 is 0 Å². The van der Waals surface area contributed by atoms with Crippen molar-refractivity contribution in [1.29, 1.82) is 0 Å². The lowest BCUT2D eigenvalue weighted by atomic mass is 9.85. The molecule has 5 nitrogen and oxygen atoms in total. The molecular formula is C16H29N3O2. The zero-order valence-corrected chi connectivity index (χ0v) is 13.5. The van der Waals surface area contributed by atoms with Crippen LogP contribution in [0.3, 0.4) is 0 Å². The summed E-state index contributed by atoms with van der Waals surface area (Å²) < 4.78 is 11.4. The summed E-state index contributed by atoms with van der Waals surface area (Å²) >= 11 is 0. The van der Waals surface area contributed by atoms with E-state index in [2.05, 4.69) is 17.1 Å². The summed E-state index contributed by atoms with van der Waals surface area (Å²) in [5.41, 5.74) is 6.01. The van der Waals surface area contributed by atoms with Gasteiger partial charge in [0, 0.05) is 12.6 Å². The molecule has 0 aliphatic heterocycles. The van der Waals surface area contributed by atoms with Crippen molar-refractivity contribution >= 4 is 0 Å². The lowest BCUT2D eigenvalue weighted by molar-refractivity contribution is -0.00145. The van der Waals surface area contributed by atoms with Crippen LogP contribution in [0, 0.1) is 5.92 Å². The highest BCUT2D eigenvalue weighted by Crippen LogP contribution is 2.36. The normalized spacial score (nSPS) is 21.1. The van der Waals surface area contributed by atoms with Crippen molar-refractivity contribution in [2.45, 2.75) is 77.4 Å². The molecule has 1 aliphatic carbocycles. The van der Waals surface area contributed by atoms with Crippen molar-refractivity contribution in [1.82, 2.24) is 10.1 Å². The van der Waals surface area contributed by atoms with Gasteiger partial charge in [0.2, 0.25) is 11.7 Å². The van der Waals surface area contributed by atoms with Crippen LogP contribution in [-0.2, 0) is 4.74 Å². The Bertz CT molecular complexity index is 413. The molecule has 3 unspecified atom stereocenters. The van der Waals surface area contributed by atoms with Gasteiger partial charge in [-0.1, -0.05) is 31.3 Å². The Morgan fingerprint density at radius 3 is 2.57 bits per heavy atom. The molecule has 2 rings (SSSR count). The van der Waals surface area contributed by atoms with Gasteiger partial charge >= 0.3 is 0 Å². The Hall–Kier alpha value is -0.940. The molecule has 1 aromatic heterocycles. The molecule has 21 heavy (non-hydrogen) atoms. The number of ether oxygens (including phenoxy) is 1. The van der Waals surface area contributed by atoms with E-state index in [-0.39, 0.29) is 18.1 Å². The van der Waals surface area contributed by atoms with Crippen LogP contribution in [-0.4, -0.2) is 22.8 Å². The highest BCUT2D eigenvalue weighted by molar-refractivity contribution is 5.01. The lowest BCUT2D eigenvalue weighted by Gasteiger charge is -2.27. The Kier molecular flexibility index (Phi) is 6.18. The molecule has 0 bridgehead atoms. The number of aromatic nitrogens is 2. The summed E-state index contributed by atoms with van der Waals surface area (Å²) in [5.74, 6) is 2.00. The number of hydrogen-bond acceptors (Lipinski definition) is 5. The molecule has 0 saturated heterocycles. The average molecular weight is 295 g/mol. The molecule has 2 N–H and O–H groups in total. The van der Waals surface area contributed by atoms with E-state index in [1.54, 1.807) is 0 Å². The van der Waals surface area contributed by atoms with Gasteiger partial charge in [-0.25, -0.2) is 0 Å². The highest BCUT2D eigenvalue weighted by atomic mass is 16.5. The second-order valence-corrected chi connectivity index (χ2v) is 6.14. The zero-order chi connectivity index (χ0) is 15.2. The molecule has 120 valence electrons. The van der Waals surface area contributed by atoms with E-state index in [0.29, 0.717) is 24.2 Å². The minimum Gasteiger partial charge on any atom is -0.370 e. The first-order valence-electron chi connectivity index (χ1n) is 8.38. The fourth-order valence-electron chi connectivity index (χ4n) is 3.32. The SMILES string of the molecule is CCOC(c1noc(C(CC)C(C)N)n1)C1CCCCC1. The molecule has 1 aliphatic rings. The predicted octanol–water partition coefficient (Wildman–Crippen LogP) is 3.57. The highest BCUT2D eigenvalue weighted by Gasteiger charge is 2.31. The minimum atomic E-state index is -0.0293. The third-order valence-corrected chi connectivity index (χ3v) is 4.53. The van der Waals surface area contributed by atoms with E-state index in [1.807, 2.05) is 13.8 Å². The molecule has 1 fully saturated rings. The summed E-state index contributed by atoms with van der Waals surface area (Å²) in [6, 6.07) is 0.0172. The van der Waals surface area contributed by atoms with Crippen molar-refractivity contribution in [3.05, 3.63) is 11.7 Å². The van der Waals surface area contributed by atoms with Crippen LogP contribution < -0.4 is 5.73 Å². The minimum absolute atomic E-state index is 0.0172. The van der Waals surface area contributed by atoms with Crippen LogP contribution in [0.25, 0.3) is 0 Å². The van der Waals surface area contributed by atoms with Crippen molar-refractivity contribution in [3.63, 3.8) is 0 Å². The van der Waals surface area contributed by atoms with E-state index in [4.69, 9.17) is 15.0 Å². The van der Waals surface area contributed by atoms with E-state index in [0.717, 1.165) is 6.42 Å².